The maximum atomic E-state index is 13.8. The molecule has 1 heterocycles. The summed E-state index contributed by atoms with van der Waals surface area (Å²) >= 11 is 0. The number of primary amides is 1. The van der Waals surface area contributed by atoms with Crippen LogP contribution in [0.1, 0.15) is 75.0 Å². The lowest BCUT2D eigenvalue weighted by molar-refractivity contribution is -0.133. The molecule has 0 radical (unpaired) electrons. The zero-order chi connectivity index (χ0) is 34.4. The first-order valence-corrected chi connectivity index (χ1v) is 18.3. The van der Waals surface area contributed by atoms with Crippen molar-refractivity contribution in [1.82, 2.24) is 10.6 Å². The molecular weight excluding hydrogens is 640 g/mol. The molecule has 254 valence electrons. The van der Waals surface area contributed by atoms with Crippen molar-refractivity contribution in [3.05, 3.63) is 53.1 Å². The summed E-state index contributed by atoms with van der Waals surface area (Å²) in [6.45, 7) is 9.78. The second kappa shape index (κ2) is 15.0. The molecular formula is C30H43N3O11P2. The third-order valence-electron chi connectivity index (χ3n) is 6.81. The Bertz CT molecular complexity index is 1520. The van der Waals surface area contributed by atoms with Crippen molar-refractivity contribution in [3.63, 3.8) is 0 Å². The van der Waals surface area contributed by atoms with Crippen LogP contribution in [-0.2, 0) is 25.1 Å². The van der Waals surface area contributed by atoms with E-state index in [4.69, 9.17) is 29.5 Å². The van der Waals surface area contributed by atoms with Crippen LogP contribution in [0.25, 0.3) is 0 Å². The minimum atomic E-state index is -4.81. The minimum absolute atomic E-state index is 0.0256. The highest BCUT2D eigenvalue weighted by molar-refractivity contribution is 7.70. The van der Waals surface area contributed by atoms with E-state index in [1.165, 1.54) is 24.3 Å². The van der Waals surface area contributed by atoms with Crippen LogP contribution in [0.15, 0.2) is 36.4 Å². The van der Waals surface area contributed by atoms with Gasteiger partial charge in [-0.05, 0) is 42.5 Å². The van der Waals surface area contributed by atoms with Gasteiger partial charge in [0, 0.05) is 23.5 Å². The summed E-state index contributed by atoms with van der Waals surface area (Å²) in [4.78, 5) is 67.0. The van der Waals surface area contributed by atoms with E-state index in [0.29, 0.717) is 42.9 Å². The van der Waals surface area contributed by atoms with Crippen molar-refractivity contribution in [2.75, 3.05) is 19.1 Å². The second-order valence-electron chi connectivity index (χ2n) is 12.7. The third kappa shape index (κ3) is 11.1. The number of benzene rings is 2. The number of amides is 3. The minimum Gasteiger partial charge on any atom is -0.493 e. The molecule has 0 aliphatic carbocycles. The molecule has 0 aromatic heterocycles. The van der Waals surface area contributed by atoms with E-state index in [9.17, 15) is 28.4 Å². The van der Waals surface area contributed by atoms with E-state index < -0.39 is 50.4 Å². The Balaban J connectivity index is 1.87. The Kier molecular flexibility index (Phi) is 12.1. The van der Waals surface area contributed by atoms with E-state index in [2.05, 4.69) is 10.6 Å². The number of carbonyl (C=O) groups excluding carboxylic acids is 3. The molecule has 2 aromatic rings. The average Bonchev–Trinajstić information content (AvgIpc) is 3.11. The van der Waals surface area contributed by atoms with E-state index >= 15 is 0 Å². The van der Waals surface area contributed by atoms with Crippen LogP contribution in [0, 0.1) is 11.3 Å². The second-order valence-corrected chi connectivity index (χ2v) is 16.6. The molecule has 0 spiro atoms. The van der Waals surface area contributed by atoms with Gasteiger partial charge in [-0.1, -0.05) is 46.8 Å². The summed E-state index contributed by atoms with van der Waals surface area (Å²) in [7, 11) is -9.44. The van der Waals surface area contributed by atoms with E-state index in [0.717, 1.165) is 0 Å². The van der Waals surface area contributed by atoms with Gasteiger partial charge in [-0.15, -0.1) is 0 Å². The number of nitrogens with one attached hydrogen (secondary N) is 2. The number of carbonyl (C=O) groups is 3. The topological polar surface area (TPSA) is 224 Å². The number of nitrogens with two attached hydrogens (primary N) is 1. The zero-order valence-corrected chi connectivity index (χ0v) is 28.3. The predicted octanol–water partition coefficient (Wildman–Crippen LogP) is 3.62. The number of hydrogen-bond acceptors (Lipinski definition) is 8. The molecule has 46 heavy (non-hydrogen) atoms. The number of fused-ring (bicyclic) bond motifs is 1. The first kappa shape index (κ1) is 37.1. The lowest BCUT2D eigenvalue weighted by Gasteiger charge is -2.27. The van der Waals surface area contributed by atoms with Crippen molar-refractivity contribution in [2.45, 2.75) is 66.0 Å². The van der Waals surface area contributed by atoms with Crippen molar-refractivity contribution < 1.29 is 52.2 Å². The van der Waals surface area contributed by atoms with Crippen molar-refractivity contribution >= 4 is 32.9 Å². The Morgan fingerprint density at radius 3 is 2.30 bits per heavy atom. The maximum absolute atomic E-state index is 13.8. The summed E-state index contributed by atoms with van der Waals surface area (Å²) in [5.74, 6) is -2.10. The van der Waals surface area contributed by atoms with Crippen LogP contribution in [0.3, 0.4) is 0 Å². The van der Waals surface area contributed by atoms with Gasteiger partial charge in [0.2, 0.25) is 11.8 Å². The average molecular weight is 684 g/mol. The lowest BCUT2D eigenvalue weighted by atomic mass is 9.94. The molecule has 0 bridgehead atoms. The van der Waals surface area contributed by atoms with Crippen molar-refractivity contribution in [2.24, 2.45) is 17.1 Å². The van der Waals surface area contributed by atoms with Gasteiger partial charge in [0.15, 0.2) is 5.90 Å². The fraction of sp³-hybridized carbons (Fsp3) is 0.500. The van der Waals surface area contributed by atoms with E-state index in [-0.39, 0.29) is 35.3 Å². The highest BCUT2D eigenvalue weighted by atomic mass is 31.2. The standard InChI is InChI=1S/C30H43N3O11P2/c1-18(2)16-43-26-15-25-21(14-22(26)27(31)34)23(7-6-12-42-25)32-28(35)24(33-29(36)30(3,4)5)13-19-8-10-20(11-9-19)44-46(40,41)17-45(37,38)39/h8-11,14-15,18,23-24H,6-7,12-13,16-17H2,1-5H3,(H2,31,34)(H,32,35)(H,33,36)(H,40,41)(H2,37,38,39)/t23-,24+/m1/s1. The third-order valence-corrected chi connectivity index (χ3v) is 10.2. The largest absolute Gasteiger partial charge is 0.493 e. The fourth-order valence-corrected chi connectivity index (χ4v) is 7.07. The predicted molar refractivity (Wildman–Crippen MR) is 170 cm³/mol. The van der Waals surface area contributed by atoms with Crippen LogP contribution >= 0.6 is 15.2 Å². The Morgan fingerprint density at radius 2 is 1.74 bits per heavy atom. The Labute approximate surface area is 268 Å². The zero-order valence-electron chi connectivity index (χ0n) is 26.5. The molecule has 3 atom stereocenters. The molecule has 0 saturated heterocycles. The van der Waals surface area contributed by atoms with Crippen molar-refractivity contribution in [3.8, 4) is 17.2 Å². The molecule has 1 aliphatic heterocycles. The van der Waals surface area contributed by atoms with E-state index in [1.807, 2.05) is 13.8 Å². The first-order valence-electron chi connectivity index (χ1n) is 14.7. The molecule has 0 saturated carbocycles. The summed E-state index contributed by atoms with van der Waals surface area (Å²) in [6, 6.07) is 7.19. The van der Waals surface area contributed by atoms with Gasteiger partial charge >= 0.3 is 15.2 Å². The number of ether oxygens (including phenoxy) is 2. The summed E-state index contributed by atoms with van der Waals surface area (Å²) < 4.78 is 39.9. The number of rotatable bonds is 13. The van der Waals surface area contributed by atoms with Gasteiger partial charge in [0.25, 0.3) is 5.91 Å². The molecule has 3 amide bonds. The SMILES string of the molecule is CC(C)COc1cc2c(cc1C(N)=O)[C@H](NC(=O)[C@H](Cc1ccc(OP(=O)(O)CP(=O)(O)O)cc1)NC(=O)C(C)(C)C)CCCO2. The Hall–Kier alpha value is -3.41. The molecule has 14 nitrogen and oxygen atoms in total. The van der Waals surface area contributed by atoms with Gasteiger partial charge < -0.3 is 45.0 Å². The highest BCUT2D eigenvalue weighted by Crippen LogP contribution is 2.55. The van der Waals surface area contributed by atoms with Gasteiger partial charge in [-0.3, -0.25) is 18.9 Å². The first-order chi connectivity index (χ1) is 21.2. The van der Waals surface area contributed by atoms with Crippen LogP contribution in [0.5, 0.6) is 17.2 Å². The van der Waals surface area contributed by atoms with Gasteiger partial charge in [0.1, 0.15) is 23.3 Å². The maximum Gasteiger partial charge on any atom is 0.388 e. The molecule has 0 fully saturated rings. The number of hydrogen-bond donors (Lipinski definition) is 6. The highest BCUT2D eigenvalue weighted by Gasteiger charge is 2.33. The van der Waals surface area contributed by atoms with Gasteiger partial charge in [0.05, 0.1) is 24.8 Å². The van der Waals surface area contributed by atoms with E-state index in [1.54, 1.807) is 32.9 Å². The molecule has 7 N–H and O–H groups in total. The summed E-state index contributed by atoms with van der Waals surface area (Å²) in [5.41, 5.74) is 6.10. The quantitative estimate of drug-likeness (QED) is 0.167. The molecule has 2 aromatic carbocycles. The van der Waals surface area contributed by atoms with Gasteiger partial charge in [-0.2, -0.15) is 0 Å². The fourth-order valence-electron chi connectivity index (χ4n) is 4.52. The smallest absolute Gasteiger partial charge is 0.388 e. The Morgan fingerprint density at radius 1 is 1.09 bits per heavy atom. The van der Waals surface area contributed by atoms with Crippen molar-refractivity contribution in [1.29, 1.82) is 0 Å². The molecule has 16 heteroatoms. The van der Waals surface area contributed by atoms with Crippen LogP contribution < -0.4 is 30.4 Å². The summed E-state index contributed by atoms with van der Waals surface area (Å²) in [5, 5.41) is 5.80. The summed E-state index contributed by atoms with van der Waals surface area (Å²) in [6.07, 6.45) is 1.09. The normalized spacial score (nSPS) is 17.0. The lowest BCUT2D eigenvalue weighted by Crippen LogP contribution is -2.51. The van der Waals surface area contributed by atoms with Crippen LogP contribution in [0.2, 0.25) is 0 Å². The molecule has 1 unspecified atom stereocenters. The van der Waals surface area contributed by atoms with Crippen LogP contribution in [0.4, 0.5) is 0 Å². The van der Waals surface area contributed by atoms with Gasteiger partial charge in [-0.25, -0.2) is 4.57 Å². The van der Waals surface area contributed by atoms with Crippen LogP contribution in [-0.4, -0.2) is 57.6 Å². The monoisotopic (exact) mass is 683 g/mol. The molecule has 3 rings (SSSR count). The molecule has 1 aliphatic rings.